The first-order valence-corrected chi connectivity index (χ1v) is 10.1. The molecule has 0 saturated carbocycles. The van der Waals surface area contributed by atoms with E-state index in [2.05, 4.69) is 10.5 Å². The molecule has 0 unspecified atom stereocenters. The Morgan fingerprint density at radius 3 is 2.52 bits per heavy atom. The second-order valence-corrected chi connectivity index (χ2v) is 8.51. The number of hydrogen-bond donors (Lipinski definition) is 1. The molecule has 2 aromatic rings. The second-order valence-electron chi connectivity index (χ2n) is 6.36. The summed E-state index contributed by atoms with van der Waals surface area (Å²) in [6.45, 7) is 2.14. The van der Waals surface area contributed by atoms with Gasteiger partial charge in [0.15, 0.2) is 5.71 Å². The Bertz CT molecular complexity index is 1130. The molecule has 0 radical (unpaired) electrons. The van der Waals surface area contributed by atoms with Crippen LogP contribution in [0.4, 0.5) is 17.1 Å². The van der Waals surface area contributed by atoms with Gasteiger partial charge in [-0.1, -0.05) is 12.1 Å². The third kappa shape index (κ3) is 3.57. The van der Waals surface area contributed by atoms with Crippen LogP contribution in [0.15, 0.2) is 52.5 Å². The Hall–Kier alpha value is -3.31. The van der Waals surface area contributed by atoms with Crippen molar-refractivity contribution in [3.05, 3.63) is 58.1 Å². The van der Waals surface area contributed by atoms with Gasteiger partial charge in [-0.05, 0) is 31.2 Å². The van der Waals surface area contributed by atoms with Gasteiger partial charge >= 0.3 is 0 Å². The molecule has 10 nitrogen and oxygen atoms in total. The average molecular weight is 417 g/mol. The number of nitro benzene ring substituents is 1. The number of hydrogen-bond acceptors (Lipinski definition) is 7. The van der Waals surface area contributed by atoms with Crippen LogP contribution >= 0.6 is 0 Å². The van der Waals surface area contributed by atoms with Crippen LogP contribution in [-0.2, 0) is 14.8 Å². The number of benzene rings is 2. The molecule has 3 rings (SSSR count). The second kappa shape index (κ2) is 7.60. The van der Waals surface area contributed by atoms with Crippen molar-refractivity contribution in [1.29, 1.82) is 0 Å². The number of sulfonamides is 1. The first-order chi connectivity index (χ1) is 13.7. The highest BCUT2D eigenvalue weighted by atomic mass is 32.2. The largest absolute Gasteiger partial charge is 0.307 e. The maximum Gasteiger partial charge on any atom is 0.294 e. The zero-order valence-electron chi connectivity index (χ0n) is 16.0. The molecular formula is C18H19N5O5S. The zero-order chi connectivity index (χ0) is 21.3. The normalized spacial score (nSPS) is 15.1. The number of likely N-dealkylation sites (N-methyl/N-ethyl adjacent to an activating group) is 1. The van der Waals surface area contributed by atoms with E-state index in [0.29, 0.717) is 17.8 Å². The molecule has 0 aromatic heterocycles. The van der Waals surface area contributed by atoms with Crippen molar-refractivity contribution in [3.8, 4) is 0 Å². The summed E-state index contributed by atoms with van der Waals surface area (Å²) in [6, 6.07) is 10.3. The average Bonchev–Trinajstić information content (AvgIpc) is 2.96. The summed E-state index contributed by atoms with van der Waals surface area (Å²) in [4.78, 5) is 24.9. The Morgan fingerprint density at radius 2 is 1.90 bits per heavy atom. The number of carbonyl (C=O) groups excluding carboxylic acids is 1. The van der Waals surface area contributed by atoms with E-state index < -0.39 is 20.9 Å². The number of amides is 1. The number of carbonyl (C=O) groups is 1. The van der Waals surface area contributed by atoms with E-state index in [1.165, 1.54) is 49.3 Å². The van der Waals surface area contributed by atoms with E-state index in [9.17, 15) is 23.3 Å². The fourth-order valence-corrected chi connectivity index (χ4v) is 3.86. The molecule has 0 bridgehead atoms. The van der Waals surface area contributed by atoms with Crippen LogP contribution in [0.3, 0.4) is 0 Å². The van der Waals surface area contributed by atoms with Crippen molar-refractivity contribution >= 4 is 38.7 Å². The fraction of sp³-hybridized carbons (Fsp3) is 0.222. The number of nitrogens with one attached hydrogen (secondary N) is 1. The van der Waals surface area contributed by atoms with Crippen molar-refractivity contribution in [1.82, 2.24) is 4.31 Å². The van der Waals surface area contributed by atoms with Gasteiger partial charge in [0.1, 0.15) is 5.69 Å². The highest BCUT2D eigenvalue weighted by Crippen LogP contribution is 2.32. The van der Waals surface area contributed by atoms with E-state index in [1.54, 1.807) is 19.1 Å². The summed E-state index contributed by atoms with van der Waals surface area (Å²) in [5, 5.41) is 15.3. The first-order valence-electron chi connectivity index (χ1n) is 8.64. The van der Waals surface area contributed by atoms with Gasteiger partial charge in [0.2, 0.25) is 10.0 Å². The van der Waals surface area contributed by atoms with Gasteiger partial charge < -0.3 is 4.90 Å². The van der Waals surface area contributed by atoms with Crippen molar-refractivity contribution < 1.29 is 18.1 Å². The summed E-state index contributed by atoms with van der Waals surface area (Å²) < 4.78 is 26.0. The third-order valence-corrected chi connectivity index (χ3v) is 6.26. The van der Waals surface area contributed by atoms with Crippen LogP contribution in [0, 0.1) is 10.1 Å². The Balaban J connectivity index is 2.09. The molecule has 1 amide bonds. The van der Waals surface area contributed by atoms with E-state index in [0.717, 1.165) is 4.31 Å². The maximum atomic E-state index is 12.8. The quantitative estimate of drug-likeness (QED) is 0.566. The molecule has 152 valence electrons. The topological polar surface area (TPSA) is 125 Å². The summed E-state index contributed by atoms with van der Waals surface area (Å²) in [7, 11) is -0.882. The smallest absolute Gasteiger partial charge is 0.294 e. The number of para-hydroxylation sites is 2. The van der Waals surface area contributed by atoms with E-state index in [1.807, 2.05) is 0 Å². The fourth-order valence-electron chi connectivity index (χ4n) is 2.93. The van der Waals surface area contributed by atoms with Crippen molar-refractivity contribution in [2.24, 2.45) is 5.10 Å². The highest BCUT2D eigenvalue weighted by molar-refractivity contribution is 7.89. The molecule has 0 atom stereocenters. The van der Waals surface area contributed by atoms with Crippen molar-refractivity contribution in [2.75, 3.05) is 31.0 Å². The van der Waals surface area contributed by atoms with E-state index in [-0.39, 0.29) is 22.0 Å². The third-order valence-electron chi connectivity index (χ3n) is 4.45. The lowest BCUT2D eigenvalue weighted by molar-refractivity contribution is -0.384. The summed E-state index contributed by atoms with van der Waals surface area (Å²) in [5.41, 5.74) is 3.34. The zero-order valence-corrected chi connectivity index (χ0v) is 16.8. The number of hydrazone groups is 1. The van der Waals surface area contributed by atoms with Gasteiger partial charge in [-0.2, -0.15) is 5.10 Å². The number of nitrogens with zero attached hydrogens (tertiary/aromatic N) is 4. The molecule has 2 aromatic carbocycles. The van der Waals surface area contributed by atoms with Crippen LogP contribution in [0.25, 0.3) is 0 Å². The van der Waals surface area contributed by atoms with Gasteiger partial charge in [-0.15, -0.1) is 0 Å². The molecule has 0 spiro atoms. The number of fused-ring (bicyclic) bond motifs is 1. The minimum Gasteiger partial charge on any atom is -0.307 e. The lowest BCUT2D eigenvalue weighted by Gasteiger charge is -2.15. The maximum absolute atomic E-state index is 12.8. The van der Waals surface area contributed by atoms with Gasteiger partial charge in [0.25, 0.3) is 11.6 Å². The van der Waals surface area contributed by atoms with Crippen LogP contribution in [0.2, 0.25) is 0 Å². The van der Waals surface area contributed by atoms with Gasteiger partial charge in [-0.25, -0.2) is 12.7 Å². The highest BCUT2D eigenvalue weighted by Gasteiger charge is 2.35. The number of rotatable bonds is 6. The predicted molar refractivity (Wildman–Crippen MR) is 109 cm³/mol. The minimum atomic E-state index is -3.71. The lowest BCUT2D eigenvalue weighted by Crippen LogP contribution is -2.30. The van der Waals surface area contributed by atoms with Crippen LogP contribution < -0.4 is 10.3 Å². The van der Waals surface area contributed by atoms with Crippen LogP contribution in [-0.4, -0.2) is 49.9 Å². The molecule has 1 aliphatic heterocycles. The molecular weight excluding hydrogens is 398 g/mol. The minimum absolute atomic E-state index is 0.0178. The number of anilines is 2. The molecule has 29 heavy (non-hydrogen) atoms. The van der Waals surface area contributed by atoms with Crippen molar-refractivity contribution in [2.45, 2.75) is 11.8 Å². The summed E-state index contributed by atoms with van der Waals surface area (Å²) in [5.74, 6) is -0.423. The summed E-state index contributed by atoms with van der Waals surface area (Å²) >= 11 is 0. The Kier molecular flexibility index (Phi) is 5.36. The predicted octanol–water partition coefficient (Wildman–Crippen LogP) is 2.03. The molecule has 11 heteroatoms. The summed E-state index contributed by atoms with van der Waals surface area (Å²) in [6.07, 6.45) is 0. The molecule has 0 aliphatic carbocycles. The van der Waals surface area contributed by atoms with Crippen molar-refractivity contribution in [3.63, 3.8) is 0 Å². The molecule has 1 heterocycles. The molecule has 1 N–H and O–H groups in total. The standard InChI is InChI=1S/C18H19N5O5S/c1-4-22-15-10-9-12(29(27,28)21(2)3)11-13(15)17(18(22)24)20-19-14-7-5-6-8-16(14)23(25)26/h5-11,19H,4H2,1-3H3/b20-17-. The molecule has 1 aliphatic rings. The Morgan fingerprint density at radius 1 is 1.21 bits per heavy atom. The van der Waals surface area contributed by atoms with Gasteiger partial charge in [0.05, 0.1) is 15.5 Å². The monoisotopic (exact) mass is 417 g/mol. The molecule has 0 fully saturated rings. The lowest BCUT2D eigenvalue weighted by atomic mass is 10.1. The SMILES string of the molecule is CCN1C(=O)/C(=N\Nc2ccccc2[N+](=O)[O-])c2cc(S(=O)(=O)N(C)C)ccc21. The van der Waals surface area contributed by atoms with Gasteiger partial charge in [-0.3, -0.25) is 20.3 Å². The van der Waals surface area contributed by atoms with E-state index in [4.69, 9.17) is 0 Å². The van der Waals surface area contributed by atoms with Crippen LogP contribution in [0.1, 0.15) is 12.5 Å². The molecule has 0 saturated heterocycles. The Labute approximate surface area is 167 Å². The van der Waals surface area contributed by atoms with Crippen LogP contribution in [0.5, 0.6) is 0 Å². The van der Waals surface area contributed by atoms with Gasteiger partial charge in [0, 0.05) is 32.3 Å². The first kappa shape index (κ1) is 20.4. The number of nitro groups is 1. The van der Waals surface area contributed by atoms with E-state index >= 15 is 0 Å².